The number of hydrogen-bond acceptors (Lipinski definition) is 7. The molecule has 0 aliphatic rings. The van der Waals surface area contributed by atoms with Crippen LogP contribution in [0.1, 0.15) is 11.3 Å². The molecule has 4 rings (SSSR count). The summed E-state index contributed by atoms with van der Waals surface area (Å²) in [6.45, 7) is 0.261. The highest BCUT2D eigenvalue weighted by Crippen LogP contribution is 2.27. The highest BCUT2D eigenvalue weighted by atomic mass is 16.5. The number of amides is 1. The van der Waals surface area contributed by atoms with E-state index in [9.17, 15) is 4.79 Å². The number of nitrogens with one attached hydrogen (secondary N) is 1. The van der Waals surface area contributed by atoms with Gasteiger partial charge in [-0.3, -0.25) is 4.79 Å². The topological polar surface area (TPSA) is 104 Å². The van der Waals surface area contributed by atoms with Gasteiger partial charge in [0.25, 0.3) is 5.91 Å². The Bertz CT molecular complexity index is 1220. The van der Waals surface area contributed by atoms with Crippen molar-refractivity contribution in [1.29, 1.82) is 0 Å². The standard InChI is InChI=1S/C23H21N5O4/c1-30-20-11-10-16(13-21(20)31-2)15-24-23(29)19(14-18-9-6-12-32-18)28-22(25-26-27-28)17-7-4-3-5-8-17/h3-14H,15H2,1-2H3,(H,24,29)/b19-14-. The van der Waals surface area contributed by atoms with Crippen LogP contribution in [0, 0.1) is 0 Å². The molecule has 9 heteroatoms. The molecule has 1 amide bonds. The van der Waals surface area contributed by atoms with Gasteiger partial charge in [0.05, 0.1) is 20.5 Å². The molecule has 0 unspecified atom stereocenters. The maximum atomic E-state index is 13.2. The smallest absolute Gasteiger partial charge is 0.270 e. The Morgan fingerprint density at radius 3 is 2.59 bits per heavy atom. The number of tetrazole rings is 1. The van der Waals surface area contributed by atoms with Crippen LogP contribution in [-0.4, -0.2) is 40.3 Å². The second-order valence-electron chi connectivity index (χ2n) is 6.70. The van der Waals surface area contributed by atoms with Crippen molar-refractivity contribution in [1.82, 2.24) is 25.5 Å². The average molecular weight is 431 g/mol. The van der Waals surface area contributed by atoms with E-state index in [1.165, 1.54) is 10.9 Å². The first-order valence-electron chi connectivity index (χ1n) is 9.78. The molecule has 162 valence electrons. The van der Waals surface area contributed by atoms with Crippen molar-refractivity contribution in [3.8, 4) is 22.9 Å². The second-order valence-corrected chi connectivity index (χ2v) is 6.70. The number of methoxy groups -OCH3 is 2. The average Bonchev–Trinajstić information content (AvgIpc) is 3.53. The maximum absolute atomic E-state index is 13.2. The van der Waals surface area contributed by atoms with Gasteiger partial charge in [0, 0.05) is 18.2 Å². The summed E-state index contributed by atoms with van der Waals surface area (Å²) in [5, 5.41) is 14.8. The monoisotopic (exact) mass is 431 g/mol. The number of hydrogen-bond donors (Lipinski definition) is 1. The van der Waals surface area contributed by atoms with Gasteiger partial charge < -0.3 is 19.2 Å². The van der Waals surface area contributed by atoms with E-state index >= 15 is 0 Å². The molecule has 0 atom stereocenters. The van der Waals surface area contributed by atoms with Gasteiger partial charge in [0.1, 0.15) is 11.5 Å². The van der Waals surface area contributed by atoms with Crippen molar-refractivity contribution in [2.45, 2.75) is 6.54 Å². The van der Waals surface area contributed by atoms with Crippen molar-refractivity contribution >= 4 is 17.7 Å². The molecule has 0 bridgehead atoms. The molecule has 2 aromatic heterocycles. The molecule has 0 spiro atoms. The van der Waals surface area contributed by atoms with Gasteiger partial charge in [-0.25, -0.2) is 0 Å². The zero-order valence-corrected chi connectivity index (χ0v) is 17.6. The van der Waals surface area contributed by atoms with Gasteiger partial charge in [-0.1, -0.05) is 36.4 Å². The number of ether oxygens (including phenoxy) is 2. The van der Waals surface area contributed by atoms with Crippen molar-refractivity contribution in [2.24, 2.45) is 0 Å². The Hall–Kier alpha value is -4.40. The number of benzene rings is 2. The van der Waals surface area contributed by atoms with Crippen LogP contribution in [0.5, 0.6) is 11.5 Å². The van der Waals surface area contributed by atoms with Gasteiger partial charge in [-0.05, 0) is 40.3 Å². The van der Waals surface area contributed by atoms with Gasteiger partial charge in [-0.15, -0.1) is 5.10 Å². The third-order valence-corrected chi connectivity index (χ3v) is 4.69. The lowest BCUT2D eigenvalue weighted by Gasteiger charge is -2.12. The highest BCUT2D eigenvalue weighted by Gasteiger charge is 2.20. The molecular weight excluding hydrogens is 410 g/mol. The molecule has 32 heavy (non-hydrogen) atoms. The van der Waals surface area contributed by atoms with E-state index in [1.54, 1.807) is 44.6 Å². The number of furan rings is 1. The largest absolute Gasteiger partial charge is 0.493 e. The molecule has 0 saturated heterocycles. The minimum atomic E-state index is -0.374. The fourth-order valence-corrected chi connectivity index (χ4v) is 3.11. The second kappa shape index (κ2) is 9.61. The summed E-state index contributed by atoms with van der Waals surface area (Å²) in [6.07, 6.45) is 3.12. The Kier molecular flexibility index (Phi) is 6.26. The maximum Gasteiger partial charge on any atom is 0.270 e. The third kappa shape index (κ3) is 4.51. The summed E-state index contributed by atoms with van der Waals surface area (Å²) in [5.74, 6) is 1.75. The summed E-state index contributed by atoms with van der Waals surface area (Å²) >= 11 is 0. The van der Waals surface area contributed by atoms with E-state index in [1.807, 2.05) is 36.4 Å². The van der Waals surface area contributed by atoms with E-state index in [2.05, 4.69) is 20.8 Å². The summed E-state index contributed by atoms with van der Waals surface area (Å²) in [7, 11) is 3.13. The molecule has 0 fully saturated rings. The van der Waals surface area contributed by atoms with Crippen LogP contribution in [0.2, 0.25) is 0 Å². The molecule has 0 aliphatic heterocycles. The third-order valence-electron chi connectivity index (χ3n) is 4.69. The number of aromatic nitrogens is 4. The zero-order valence-electron chi connectivity index (χ0n) is 17.6. The van der Waals surface area contributed by atoms with Gasteiger partial charge in [-0.2, -0.15) is 4.68 Å². The number of rotatable bonds is 8. The van der Waals surface area contributed by atoms with Crippen molar-refractivity contribution in [3.05, 3.63) is 78.3 Å². The first-order valence-corrected chi connectivity index (χ1v) is 9.78. The Morgan fingerprint density at radius 2 is 1.88 bits per heavy atom. The zero-order chi connectivity index (χ0) is 22.3. The molecule has 2 heterocycles. The van der Waals surface area contributed by atoms with E-state index < -0.39 is 0 Å². The van der Waals surface area contributed by atoms with Crippen LogP contribution in [0.15, 0.2) is 71.3 Å². The van der Waals surface area contributed by atoms with E-state index in [-0.39, 0.29) is 18.1 Å². The fourth-order valence-electron chi connectivity index (χ4n) is 3.11. The predicted octanol–water partition coefficient (Wildman–Crippen LogP) is 3.26. The Morgan fingerprint density at radius 1 is 1.06 bits per heavy atom. The van der Waals surface area contributed by atoms with Crippen LogP contribution >= 0.6 is 0 Å². The van der Waals surface area contributed by atoms with Gasteiger partial charge in [0.15, 0.2) is 17.3 Å². The van der Waals surface area contributed by atoms with E-state index in [0.29, 0.717) is 23.1 Å². The van der Waals surface area contributed by atoms with Crippen molar-refractivity contribution < 1.29 is 18.7 Å². The molecule has 2 aromatic carbocycles. The van der Waals surface area contributed by atoms with Crippen LogP contribution in [-0.2, 0) is 11.3 Å². The van der Waals surface area contributed by atoms with Crippen molar-refractivity contribution in [3.63, 3.8) is 0 Å². The minimum Gasteiger partial charge on any atom is -0.493 e. The molecule has 0 aliphatic carbocycles. The molecule has 4 aromatic rings. The minimum absolute atomic E-state index is 0.212. The summed E-state index contributed by atoms with van der Waals surface area (Å²) in [6, 6.07) is 18.3. The molecule has 1 N–H and O–H groups in total. The molecular formula is C23H21N5O4. The summed E-state index contributed by atoms with van der Waals surface area (Å²) in [5.41, 5.74) is 1.83. The highest BCUT2D eigenvalue weighted by molar-refractivity contribution is 6.18. The van der Waals surface area contributed by atoms with Crippen LogP contribution < -0.4 is 14.8 Å². The molecule has 0 radical (unpaired) electrons. The van der Waals surface area contributed by atoms with Gasteiger partial charge >= 0.3 is 0 Å². The Labute approximate surface area is 184 Å². The number of carbonyl (C=O) groups excluding carboxylic acids is 1. The quantitative estimate of drug-likeness (QED) is 0.427. The molecule has 0 saturated carbocycles. The molecule has 9 nitrogen and oxygen atoms in total. The first kappa shape index (κ1) is 20.9. The normalized spacial score (nSPS) is 11.2. The van der Waals surface area contributed by atoms with E-state index in [0.717, 1.165) is 11.1 Å². The van der Waals surface area contributed by atoms with Gasteiger partial charge in [0.2, 0.25) is 0 Å². The Balaban J connectivity index is 1.63. The van der Waals surface area contributed by atoms with Crippen molar-refractivity contribution in [2.75, 3.05) is 14.2 Å². The predicted molar refractivity (Wildman–Crippen MR) is 118 cm³/mol. The fraction of sp³-hybridized carbons (Fsp3) is 0.130. The van der Waals surface area contributed by atoms with Crippen LogP contribution in [0.25, 0.3) is 23.2 Å². The number of carbonyl (C=O) groups is 1. The summed E-state index contributed by atoms with van der Waals surface area (Å²) in [4.78, 5) is 13.2. The first-order chi connectivity index (χ1) is 15.7. The lowest BCUT2D eigenvalue weighted by Crippen LogP contribution is -2.27. The van der Waals surface area contributed by atoms with Crippen LogP contribution in [0.3, 0.4) is 0 Å². The lowest BCUT2D eigenvalue weighted by molar-refractivity contribution is -0.116. The number of nitrogens with zero attached hydrogens (tertiary/aromatic N) is 4. The van der Waals surface area contributed by atoms with Crippen LogP contribution in [0.4, 0.5) is 0 Å². The SMILES string of the molecule is COc1ccc(CNC(=O)/C(=C/c2ccco2)n2nnnc2-c2ccccc2)cc1OC. The van der Waals surface area contributed by atoms with E-state index in [4.69, 9.17) is 13.9 Å². The lowest BCUT2D eigenvalue weighted by atomic mass is 10.2. The summed E-state index contributed by atoms with van der Waals surface area (Å²) < 4.78 is 17.4.